The number of hydrogen-bond donors (Lipinski definition) is 1. The van der Waals surface area contributed by atoms with Crippen LogP contribution in [0.25, 0.3) is 0 Å². The second kappa shape index (κ2) is 7.42. The summed E-state index contributed by atoms with van der Waals surface area (Å²) < 4.78 is 0. The summed E-state index contributed by atoms with van der Waals surface area (Å²) in [6.45, 7) is 5.70. The van der Waals surface area contributed by atoms with Gasteiger partial charge in [0.15, 0.2) is 5.78 Å². The number of piperidine rings is 1. The Balaban J connectivity index is 1.65. The number of carbonyl (C=O) groups is 2. The molecular formula is C19H22N4O2. The number of benzene rings is 1. The van der Waals surface area contributed by atoms with Crippen molar-refractivity contribution in [1.82, 2.24) is 9.97 Å². The van der Waals surface area contributed by atoms with Gasteiger partial charge in [-0.05, 0) is 49.9 Å². The van der Waals surface area contributed by atoms with E-state index in [1.807, 2.05) is 0 Å². The number of aromatic nitrogens is 2. The first-order chi connectivity index (χ1) is 12.0. The van der Waals surface area contributed by atoms with Crippen LogP contribution >= 0.6 is 0 Å². The molecule has 1 unspecified atom stereocenters. The first-order valence-corrected chi connectivity index (χ1v) is 8.52. The normalized spacial score (nSPS) is 17.2. The van der Waals surface area contributed by atoms with E-state index in [9.17, 15) is 9.59 Å². The molecule has 25 heavy (non-hydrogen) atoms. The second-order valence-electron chi connectivity index (χ2n) is 6.54. The topological polar surface area (TPSA) is 75.2 Å². The van der Waals surface area contributed by atoms with E-state index in [-0.39, 0.29) is 17.4 Å². The number of hydrogen-bond acceptors (Lipinski definition) is 5. The highest BCUT2D eigenvalue weighted by atomic mass is 16.2. The fraction of sp³-hybridized carbons (Fsp3) is 0.368. The predicted octanol–water partition coefficient (Wildman–Crippen LogP) is 3.17. The van der Waals surface area contributed by atoms with Crippen LogP contribution in [0.4, 0.5) is 11.5 Å². The third kappa shape index (κ3) is 4.21. The van der Waals surface area contributed by atoms with E-state index in [0.29, 0.717) is 17.2 Å². The van der Waals surface area contributed by atoms with E-state index in [4.69, 9.17) is 0 Å². The lowest BCUT2D eigenvalue weighted by molar-refractivity contribution is 0.101. The minimum atomic E-state index is -0.318. The van der Waals surface area contributed by atoms with Crippen molar-refractivity contribution >= 4 is 23.2 Å². The van der Waals surface area contributed by atoms with Crippen LogP contribution in [0.1, 0.15) is 47.5 Å². The molecule has 1 aliphatic heterocycles. The summed E-state index contributed by atoms with van der Waals surface area (Å²) in [7, 11) is 0. The monoisotopic (exact) mass is 338 g/mol. The Bertz CT molecular complexity index is 756. The SMILES string of the molecule is CC(=O)c1ccc(NC(=O)c2cnc(N3CCCC(C)C3)cn2)cc1. The van der Waals surface area contributed by atoms with E-state index >= 15 is 0 Å². The molecule has 1 N–H and O–H groups in total. The van der Waals surface area contributed by atoms with Gasteiger partial charge in [-0.25, -0.2) is 9.97 Å². The Morgan fingerprint density at radius 3 is 2.52 bits per heavy atom. The zero-order valence-corrected chi connectivity index (χ0v) is 14.5. The van der Waals surface area contributed by atoms with Gasteiger partial charge in [0.25, 0.3) is 5.91 Å². The van der Waals surface area contributed by atoms with Crippen molar-refractivity contribution < 1.29 is 9.59 Å². The highest BCUT2D eigenvalue weighted by molar-refractivity contribution is 6.03. The molecule has 1 aromatic carbocycles. The Morgan fingerprint density at radius 2 is 1.92 bits per heavy atom. The van der Waals surface area contributed by atoms with Gasteiger partial charge in [0.05, 0.1) is 12.4 Å². The Morgan fingerprint density at radius 1 is 1.16 bits per heavy atom. The molecule has 6 heteroatoms. The summed E-state index contributed by atoms with van der Waals surface area (Å²) in [4.78, 5) is 34.4. The molecule has 1 aliphatic rings. The van der Waals surface area contributed by atoms with Crippen LogP contribution < -0.4 is 10.2 Å². The molecule has 0 bridgehead atoms. The van der Waals surface area contributed by atoms with E-state index in [0.717, 1.165) is 25.3 Å². The van der Waals surface area contributed by atoms with Gasteiger partial charge in [-0.3, -0.25) is 9.59 Å². The molecule has 1 amide bonds. The average molecular weight is 338 g/mol. The smallest absolute Gasteiger partial charge is 0.275 e. The van der Waals surface area contributed by atoms with Gasteiger partial charge in [-0.2, -0.15) is 0 Å². The standard InChI is InChI=1S/C19H22N4O2/c1-13-4-3-9-23(12-13)18-11-20-17(10-21-18)19(25)22-16-7-5-15(6-8-16)14(2)24/h5-8,10-11,13H,3-4,9,12H2,1-2H3,(H,22,25). The summed E-state index contributed by atoms with van der Waals surface area (Å²) >= 11 is 0. The van der Waals surface area contributed by atoms with Gasteiger partial charge in [0.2, 0.25) is 0 Å². The molecule has 2 aromatic rings. The Labute approximate surface area is 147 Å². The number of Topliss-reactive ketones (excluding diaryl/α,β-unsaturated/α-hetero) is 1. The molecule has 2 heterocycles. The molecule has 6 nitrogen and oxygen atoms in total. The lowest BCUT2D eigenvalue weighted by atomic mass is 10.0. The highest BCUT2D eigenvalue weighted by Crippen LogP contribution is 2.20. The molecule has 130 valence electrons. The second-order valence-corrected chi connectivity index (χ2v) is 6.54. The van der Waals surface area contributed by atoms with Crippen LogP contribution in [-0.2, 0) is 0 Å². The Hall–Kier alpha value is -2.76. The molecule has 0 aliphatic carbocycles. The van der Waals surface area contributed by atoms with Gasteiger partial charge in [-0.1, -0.05) is 6.92 Å². The number of anilines is 2. The molecule has 0 radical (unpaired) electrons. The molecule has 0 spiro atoms. The fourth-order valence-corrected chi connectivity index (χ4v) is 2.98. The maximum atomic E-state index is 12.3. The fourth-order valence-electron chi connectivity index (χ4n) is 2.98. The van der Waals surface area contributed by atoms with Crippen LogP contribution in [-0.4, -0.2) is 34.7 Å². The van der Waals surface area contributed by atoms with E-state index < -0.39 is 0 Å². The number of nitrogens with zero attached hydrogens (tertiary/aromatic N) is 3. The van der Waals surface area contributed by atoms with Crippen molar-refractivity contribution in [2.24, 2.45) is 5.92 Å². The minimum absolute atomic E-state index is 0.00800. The number of amides is 1. The summed E-state index contributed by atoms with van der Waals surface area (Å²) in [6.07, 6.45) is 5.56. The summed E-state index contributed by atoms with van der Waals surface area (Å²) in [5.74, 6) is 1.14. The van der Waals surface area contributed by atoms with Crippen molar-refractivity contribution in [2.75, 3.05) is 23.3 Å². The Kier molecular flexibility index (Phi) is 5.07. The van der Waals surface area contributed by atoms with E-state index in [1.54, 1.807) is 30.5 Å². The van der Waals surface area contributed by atoms with Crippen LogP contribution in [0.3, 0.4) is 0 Å². The van der Waals surface area contributed by atoms with Crippen molar-refractivity contribution in [3.8, 4) is 0 Å². The first kappa shape index (κ1) is 17.1. The van der Waals surface area contributed by atoms with Crippen LogP contribution in [0, 0.1) is 5.92 Å². The zero-order chi connectivity index (χ0) is 17.8. The van der Waals surface area contributed by atoms with Crippen LogP contribution in [0.5, 0.6) is 0 Å². The van der Waals surface area contributed by atoms with Gasteiger partial charge in [0, 0.05) is 24.3 Å². The van der Waals surface area contributed by atoms with Gasteiger partial charge in [-0.15, -0.1) is 0 Å². The van der Waals surface area contributed by atoms with Crippen LogP contribution in [0.2, 0.25) is 0 Å². The maximum absolute atomic E-state index is 12.3. The third-order valence-electron chi connectivity index (χ3n) is 4.40. The lowest BCUT2D eigenvalue weighted by Crippen LogP contribution is -2.35. The third-order valence-corrected chi connectivity index (χ3v) is 4.40. The summed E-state index contributed by atoms with van der Waals surface area (Å²) in [6, 6.07) is 6.77. The van der Waals surface area contributed by atoms with Gasteiger partial charge in [0.1, 0.15) is 11.5 Å². The average Bonchev–Trinajstić information content (AvgIpc) is 2.62. The minimum Gasteiger partial charge on any atom is -0.355 e. The van der Waals surface area contributed by atoms with E-state index in [1.165, 1.54) is 19.5 Å². The summed E-state index contributed by atoms with van der Waals surface area (Å²) in [5.41, 5.74) is 1.49. The first-order valence-electron chi connectivity index (χ1n) is 8.52. The zero-order valence-electron chi connectivity index (χ0n) is 14.5. The molecule has 0 saturated carbocycles. The lowest BCUT2D eigenvalue weighted by Gasteiger charge is -2.31. The molecule has 1 saturated heterocycles. The van der Waals surface area contributed by atoms with Gasteiger partial charge >= 0.3 is 0 Å². The molecule has 1 fully saturated rings. The molecule has 1 aromatic heterocycles. The van der Waals surface area contributed by atoms with Crippen molar-refractivity contribution in [1.29, 1.82) is 0 Å². The van der Waals surface area contributed by atoms with Gasteiger partial charge < -0.3 is 10.2 Å². The number of ketones is 1. The van der Waals surface area contributed by atoms with Crippen molar-refractivity contribution in [3.63, 3.8) is 0 Å². The van der Waals surface area contributed by atoms with Crippen LogP contribution in [0.15, 0.2) is 36.7 Å². The largest absolute Gasteiger partial charge is 0.355 e. The van der Waals surface area contributed by atoms with Crippen molar-refractivity contribution in [3.05, 3.63) is 47.9 Å². The number of rotatable bonds is 4. The molecule has 3 rings (SSSR count). The number of nitrogens with one attached hydrogen (secondary N) is 1. The maximum Gasteiger partial charge on any atom is 0.275 e. The van der Waals surface area contributed by atoms with E-state index in [2.05, 4.69) is 27.1 Å². The molecule has 1 atom stereocenters. The molecular weight excluding hydrogens is 316 g/mol. The summed E-state index contributed by atoms with van der Waals surface area (Å²) in [5, 5.41) is 2.76. The predicted molar refractivity (Wildman–Crippen MR) is 97.0 cm³/mol. The highest BCUT2D eigenvalue weighted by Gasteiger charge is 2.18. The number of carbonyl (C=O) groups excluding carboxylic acids is 2. The van der Waals surface area contributed by atoms with Crippen molar-refractivity contribution in [2.45, 2.75) is 26.7 Å². The quantitative estimate of drug-likeness (QED) is 0.867.